The maximum absolute atomic E-state index is 11.0. The zero-order chi connectivity index (χ0) is 14.0. The van der Waals surface area contributed by atoms with E-state index < -0.39 is 5.97 Å². The first-order valence-electron chi connectivity index (χ1n) is 7.03. The molecule has 104 valence electrons. The summed E-state index contributed by atoms with van der Waals surface area (Å²) in [7, 11) is 0. The number of aryl methyl sites for hydroxylation is 2. The number of hydrogen-bond donors (Lipinski definition) is 1. The molecule has 1 aromatic carbocycles. The van der Waals surface area contributed by atoms with E-state index in [1.807, 2.05) is 0 Å². The molecule has 1 unspecified atom stereocenters. The largest absolute Gasteiger partial charge is 0.481 e. The molecule has 3 heteroatoms. The zero-order valence-corrected chi connectivity index (χ0v) is 12.0. The Hall–Kier alpha value is -1.35. The molecular formula is C16H23NO2. The van der Waals surface area contributed by atoms with Gasteiger partial charge in [-0.05, 0) is 63.4 Å². The van der Waals surface area contributed by atoms with Gasteiger partial charge in [0.25, 0.3) is 0 Å². The summed E-state index contributed by atoms with van der Waals surface area (Å²) in [6, 6.07) is 6.99. The third kappa shape index (κ3) is 3.16. The molecule has 0 bridgehead atoms. The van der Waals surface area contributed by atoms with E-state index in [1.54, 1.807) is 0 Å². The molecular weight excluding hydrogens is 238 g/mol. The summed E-state index contributed by atoms with van der Waals surface area (Å²) >= 11 is 0. The fraction of sp³-hybridized carbons (Fsp3) is 0.562. The van der Waals surface area contributed by atoms with Gasteiger partial charge >= 0.3 is 5.97 Å². The highest BCUT2D eigenvalue weighted by molar-refractivity contribution is 5.70. The van der Waals surface area contributed by atoms with Gasteiger partial charge in [-0.1, -0.05) is 18.2 Å². The minimum atomic E-state index is -0.640. The van der Waals surface area contributed by atoms with Crippen molar-refractivity contribution in [3.63, 3.8) is 0 Å². The SMILES string of the molecule is Cc1ccc(C(C)N2CCC(C(=O)O)CC2)cc1C. The molecule has 0 saturated carbocycles. The Balaban J connectivity index is 2.02. The maximum Gasteiger partial charge on any atom is 0.306 e. The number of hydrogen-bond acceptors (Lipinski definition) is 2. The van der Waals surface area contributed by atoms with Gasteiger partial charge in [-0.15, -0.1) is 0 Å². The molecule has 0 aromatic heterocycles. The van der Waals surface area contributed by atoms with Gasteiger partial charge in [-0.25, -0.2) is 0 Å². The van der Waals surface area contributed by atoms with Crippen LogP contribution in [0.15, 0.2) is 18.2 Å². The topological polar surface area (TPSA) is 40.5 Å². The summed E-state index contributed by atoms with van der Waals surface area (Å²) < 4.78 is 0. The zero-order valence-electron chi connectivity index (χ0n) is 12.0. The molecule has 3 nitrogen and oxygen atoms in total. The minimum absolute atomic E-state index is 0.150. The number of likely N-dealkylation sites (tertiary alicyclic amines) is 1. The van der Waals surface area contributed by atoms with Crippen LogP contribution >= 0.6 is 0 Å². The number of aliphatic carboxylic acids is 1. The van der Waals surface area contributed by atoms with Crippen molar-refractivity contribution in [2.75, 3.05) is 13.1 Å². The molecule has 0 radical (unpaired) electrons. The van der Waals surface area contributed by atoms with Gasteiger partial charge in [0.1, 0.15) is 0 Å². The van der Waals surface area contributed by atoms with Gasteiger partial charge in [-0.2, -0.15) is 0 Å². The number of carboxylic acid groups (broad SMARTS) is 1. The van der Waals surface area contributed by atoms with Crippen LogP contribution in [0, 0.1) is 19.8 Å². The second-order valence-corrected chi connectivity index (χ2v) is 5.67. The third-order valence-electron chi connectivity index (χ3n) is 4.44. The van der Waals surface area contributed by atoms with Crippen molar-refractivity contribution in [3.05, 3.63) is 34.9 Å². The molecule has 0 amide bonds. The number of rotatable bonds is 3. The quantitative estimate of drug-likeness (QED) is 0.908. The monoisotopic (exact) mass is 261 g/mol. The van der Waals surface area contributed by atoms with Gasteiger partial charge in [0.15, 0.2) is 0 Å². The number of carboxylic acids is 1. The summed E-state index contributed by atoms with van der Waals surface area (Å²) in [5, 5.41) is 9.03. The summed E-state index contributed by atoms with van der Waals surface area (Å²) in [4.78, 5) is 13.4. The van der Waals surface area contributed by atoms with Gasteiger partial charge < -0.3 is 5.11 Å². The summed E-state index contributed by atoms with van der Waals surface area (Å²) in [6.45, 7) is 8.24. The normalized spacial score (nSPS) is 19.3. The van der Waals surface area contributed by atoms with Crippen molar-refractivity contribution in [1.82, 2.24) is 4.90 Å². The third-order valence-corrected chi connectivity index (χ3v) is 4.44. The molecule has 1 atom stereocenters. The average molecular weight is 261 g/mol. The summed E-state index contributed by atoms with van der Waals surface area (Å²) in [6.07, 6.45) is 1.54. The van der Waals surface area contributed by atoms with E-state index in [2.05, 4.69) is 43.9 Å². The fourth-order valence-corrected chi connectivity index (χ4v) is 2.77. The molecule has 1 aliphatic heterocycles. The lowest BCUT2D eigenvalue weighted by molar-refractivity contribution is -0.143. The van der Waals surface area contributed by atoms with Crippen LogP contribution < -0.4 is 0 Å². The highest BCUT2D eigenvalue weighted by Crippen LogP contribution is 2.27. The minimum Gasteiger partial charge on any atom is -0.481 e. The lowest BCUT2D eigenvalue weighted by atomic mass is 9.94. The number of piperidine rings is 1. The first-order valence-corrected chi connectivity index (χ1v) is 7.03. The van der Waals surface area contributed by atoms with E-state index in [-0.39, 0.29) is 5.92 Å². The Morgan fingerprint density at radius 1 is 1.26 bits per heavy atom. The Bertz CT molecular complexity index is 462. The van der Waals surface area contributed by atoms with Gasteiger partial charge in [-0.3, -0.25) is 9.69 Å². The van der Waals surface area contributed by atoms with E-state index in [4.69, 9.17) is 5.11 Å². The highest BCUT2D eigenvalue weighted by atomic mass is 16.4. The van der Waals surface area contributed by atoms with Crippen LogP contribution in [0.2, 0.25) is 0 Å². The molecule has 1 fully saturated rings. The standard InChI is InChI=1S/C16H23NO2/c1-11-4-5-15(10-12(11)2)13(3)17-8-6-14(7-9-17)16(18)19/h4-5,10,13-14H,6-9H2,1-3H3,(H,18,19). The van der Waals surface area contributed by atoms with Crippen molar-refractivity contribution < 1.29 is 9.90 Å². The summed E-state index contributed by atoms with van der Waals surface area (Å²) in [5.41, 5.74) is 3.97. The van der Waals surface area contributed by atoms with Crippen molar-refractivity contribution >= 4 is 5.97 Å². The molecule has 1 N–H and O–H groups in total. The molecule has 0 spiro atoms. The Kier molecular flexibility index (Phi) is 4.25. The van der Waals surface area contributed by atoms with Crippen LogP contribution in [-0.2, 0) is 4.79 Å². The Morgan fingerprint density at radius 2 is 1.89 bits per heavy atom. The predicted octanol–water partition coefficient (Wildman–Crippen LogP) is 3.16. The number of carbonyl (C=O) groups is 1. The van der Waals surface area contributed by atoms with Gasteiger partial charge in [0.2, 0.25) is 0 Å². The van der Waals surface area contributed by atoms with Crippen LogP contribution in [-0.4, -0.2) is 29.1 Å². The van der Waals surface area contributed by atoms with Crippen LogP contribution in [0.1, 0.15) is 42.5 Å². The van der Waals surface area contributed by atoms with E-state index >= 15 is 0 Å². The van der Waals surface area contributed by atoms with Crippen LogP contribution in [0.4, 0.5) is 0 Å². The summed E-state index contributed by atoms with van der Waals surface area (Å²) in [5.74, 6) is -0.790. The van der Waals surface area contributed by atoms with E-state index in [1.165, 1.54) is 16.7 Å². The lowest BCUT2D eigenvalue weighted by Crippen LogP contribution is -2.37. The van der Waals surface area contributed by atoms with Gasteiger partial charge in [0.05, 0.1) is 5.92 Å². The molecule has 1 aliphatic rings. The van der Waals surface area contributed by atoms with Crippen molar-refractivity contribution in [2.45, 2.75) is 39.7 Å². The van der Waals surface area contributed by atoms with E-state index in [0.29, 0.717) is 6.04 Å². The molecule has 2 rings (SSSR count). The Morgan fingerprint density at radius 3 is 2.42 bits per heavy atom. The molecule has 1 aromatic rings. The second kappa shape index (κ2) is 5.74. The predicted molar refractivity (Wildman–Crippen MR) is 76.3 cm³/mol. The second-order valence-electron chi connectivity index (χ2n) is 5.67. The highest BCUT2D eigenvalue weighted by Gasteiger charge is 2.27. The molecule has 19 heavy (non-hydrogen) atoms. The first-order chi connectivity index (χ1) is 8.99. The van der Waals surface area contributed by atoms with E-state index in [9.17, 15) is 4.79 Å². The smallest absolute Gasteiger partial charge is 0.306 e. The van der Waals surface area contributed by atoms with E-state index in [0.717, 1.165) is 25.9 Å². The van der Waals surface area contributed by atoms with Crippen LogP contribution in [0.3, 0.4) is 0 Å². The maximum atomic E-state index is 11.0. The molecule has 1 saturated heterocycles. The van der Waals surface area contributed by atoms with Crippen LogP contribution in [0.25, 0.3) is 0 Å². The Labute approximate surface area is 115 Å². The number of benzene rings is 1. The molecule has 1 heterocycles. The van der Waals surface area contributed by atoms with Crippen molar-refractivity contribution in [1.29, 1.82) is 0 Å². The fourth-order valence-electron chi connectivity index (χ4n) is 2.77. The molecule has 0 aliphatic carbocycles. The van der Waals surface area contributed by atoms with Crippen molar-refractivity contribution in [3.8, 4) is 0 Å². The van der Waals surface area contributed by atoms with Crippen LogP contribution in [0.5, 0.6) is 0 Å². The first kappa shape index (κ1) is 14.1. The number of nitrogens with zero attached hydrogens (tertiary/aromatic N) is 1. The lowest BCUT2D eigenvalue weighted by Gasteiger charge is -2.35. The van der Waals surface area contributed by atoms with Crippen molar-refractivity contribution in [2.24, 2.45) is 5.92 Å². The van der Waals surface area contributed by atoms with Gasteiger partial charge in [0, 0.05) is 6.04 Å². The average Bonchev–Trinajstić information content (AvgIpc) is 2.41.